The van der Waals surface area contributed by atoms with Crippen LogP contribution in [0.1, 0.15) is 12.5 Å². The Morgan fingerprint density at radius 2 is 1.97 bits per heavy atom. The van der Waals surface area contributed by atoms with E-state index in [0.717, 1.165) is 46.4 Å². The van der Waals surface area contributed by atoms with Gasteiger partial charge in [0, 0.05) is 19.6 Å². The molecule has 11 heteroatoms. The van der Waals surface area contributed by atoms with Gasteiger partial charge in [-0.25, -0.2) is 14.6 Å². The highest BCUT2D eigenvalue weighted by Gasteiger charge is 2.20. The highest BCUT2D eigenvalue weighted by atomic mass is 32.2. The molecule has 182 valence electrons. The summed E-state index contributed by atoms with van der Waals surface area (Å²) in [6.07, 6.45) is 2.06. The minimum Gasteiger partial charge on any atom is -0.493 e. The van der Waals surface area contributed by atoms with Gasteiger partial charge in [-0.15, -0.1) is 0 Å². The van der Waals surface area contributed by atoms with E-state index in [4.69, 9.17) is 24.2 Å². The van der Waals surface area contributed by atoms with E-state index in [2.05, 4.69) is 22.2 Å². The van der Waals surface area contributed by atoms with Crippen molar-refractivity contribution in [3.05, 3.63) is 30.0 Å². The molecule has 1 aliphatic rings. The van der Waals surface area contributed by atoms with Crippen LogP contribution in [0.5, 0.6) is 11.5 Å². The summed E-state index contributed by atoms with van der Waals surface area (Å²) in [6.45, 7) is 5.98. The molecule has 0 spiro atoms. The van der Waals surface area contributed by atoms with Crippen LogP contribution in [0.25, 0.3) is 11.0 Å². The van der Waals surface area contributed by atoms with Crippen molar-refractivity contribution >= 4 is 34.5 Å². The first-order chi connectivity index (χ1) is 16.6. The molecule has 1 saturated heterocycles. The predicted molar refractivity (Wildman–Crippen MR) is 131 cm³/mol. The number of benzene rings is 1. The number of methoxy groups -OCH3 is 2. The third-order valence-electron chi connectivity index (χ3n) is 5.50. The van der Waals surface area contributed by atoms with Gasteiger partial charge in [0.05, 0.1) is 52.0 Å². The Bertz CT molecular complexity index is 1130. The standard InChI is InChI=1S/C23H30N6O4S/c1-4-34-23-26-21(28-9-11-33-12-10-28)17-15-25-29(22(17)27-23)8-7-24-20(30)14-16-5-6-18(31-2)19(13-16)32-3/h5-6,13,15H,4,7-12,14H2,1-3H3,(H,24,30). The maximum Gasteiger partial charge on any atom is 0.224 e. The fourth-order valence-electron chi connectivity index (χ4n) is 3.83. The SMILES string of the molecule is CCSc1nc(N2CCOCC2)c2cnn(CCNC(=O)Cc3ccc(OC)c(OC)c3)c2n1. The average Bonchev–Trinajstić information content (AvgIpc) is 3.27. The number of hydrogen-bond acceptors (Lipinski definition) is 9. The number of rotatable bonds is 10. The monoisotopic (exact) mass is 486 g/mol. The maximum atomic E-state index is 12.5. The minimum atomic E-state index is -0.0745. The molecule has 3 aromatic rings. The lowest BCUT2D eigenvalue weighted by Crippen LogP contribution is -2.37. The zero-order valence-corrected chi connectivity index (χ0v) is 20.6. The van der Waals surface area contributed by atoms with Crippen LogP contribution in [-0.2, 0) is 22.5 Å². The van der Waals surface area contributed by atoms with Crippen molar-refractivity contribution in [1.82, 2.24) is 25.1 Å². The third kappa shape index (κ3) is 5.53. The molecule has 10 nitrogen and oxygen atoms in total. The van der Waals surface area contributed by atoms with Gasteiger partial charge in [-0.3, -0.25) is 4.79 Å². The lowest BCUT2D eigenvalue weighted by molar-refractivity contribution is -0.120. The van der Waals surface area contributed by atoms with Crippen molar-refractivity contribution in [2.24, 2.45) is 0 Å². The van der Waals surface area contributed by atoms with E-state index in [-0.39, 0.29) is 12.3 Å². The van der Waals surface area contributed by atoms with Crippen molar-refractivity contribution in [2.45, 2.75) is 25.0 Å². The van der Waals surface area contributed by atoms with Crippen LogP contribution >= 0.6 is 11.8 Å². The molecule has 1 amide bonds. The molecule has 0 unspecified atom stereocenters. The Labute approximate surface area is 203 Å². The van der Waals surface area contributed by atoms with E-state index < -0.39 is 0 Å². The van der Waals surface area contributed by atoms with E-state index in [1.807, 2.05) is 23.0 Å². The van der Waals surface area contributed by atoms with Crippen LogP contribution in [0, 0.1) is 0 Å². The smallest absolute Gasteiger partial charge is 0.224 e. The molecular formula is C23H30N6O4S. The molecule has 0 atom stereocenters. The Morgan fingerprint density at radius 1 is 1.18 bits per heavy atom. The molecule has 0 bridgehead atoms. The van der Waals surface area contributed by atoms with Gasteiger partial charge in [0.25, 0.3) is 0 Å². The number of ether oxygens (including phenoxy) is 3. The highest BCUT2D eigenvalue weighted by Crippen LogP contribution is 2.28. The largest absolute Gasteiger partial charge is 0.493 e. The molecule has 0 radical (unpaired) electrons. The molecule has 2 aromatic heterocycles. The van der Waals surface area contributed by atoms with Gasteiger partial charge in [0.1, 0.15) is 5.82 Å². The minimum absolute atomic E-state index is 0.0745. The fraction of sp³-hybridized carbons (Fsp3) is 0.478. The number of fused-ring (bicyclic) bond motifs is 1. The van der Waals surface area contributed by atoms with Gasteiger partial charge < -0.3 is 24.4 Å². The summed E-state index contributed by atoms with van der Waals surface area (Å²) in [5.41, 5.74) is 1.63. The van der Waals surface area contributed by atoms with Crippen LogP contribution in [0.3, 0.4) is 0 Å². The number of amides is 1. The van der Waals surface area contributed by atoms with Crippen LogP contribution < -0.4 is 19.7 Å². The van der Waals surface area contributed by atoms with Crippen LogP contribution in [-0.4, -0.2) is 78.5 Å². The molecule has 1 aliphatic heterocycles. The summed E-state index contributed by atoms with van der Waals surface area (Å²) in [5, 5.41) is 9.16. The number of carbonyl (C=O) groups is 1. The number of nitrogens with zero attached hydrogens (tertiary/aromatic N) is 5. The number of aromatic nitrogens is 4. The molecule has 1 aromatic carbocycles. The van der Waals surface area contributed by atoms with E-state index in [1.165, 1.54) is 0 Å². The Kier molecular flexibility index (Phi) is 8.07. The normalized spacial score (nSPS) is 13.8. The van der Waals surface area contributed by atoms with Crippen LogP contribution in [0.15, 0.2) is 29.6 Å². The number of anilines is 1. The van der Waals surface area contributed by atoms with Crippen LogP contribution in [0.4, 0.5) is 5.82 Å². The first-order valence-corrected chi connectivity index (χ1v) is 12.3. The first-order valence-electron chi connectivity index (χ1n) is 11.3. The van der Waals surface area contributed by atoms with Gasteiger partial charge >= 0.3 is 0 Å². The highest BCUT2D eigenvalue weighted by molar-refractivity contribution is 7.99. The molecule has 1 fully saturated rings. The van der Waals surface area contributed by atoms with Gasteiger partial charge in [-0.05, 0) is 23.4 Å². The Balaban J connectivity index is 1.43. The van der Waals surface area contributed by atoms with Crippen LogP contribution in [0.2, 0.25) is 0 Å². The lowest BCUT2D eigenvalue weighted by Gasteiger charge is -2.28. The van der Waals surface area contributed by atoms with Crippen molar-refractivity contribution in [3.63, 3.8) is 0 Å². The van der Waals surface area contributed by atoms with Crippen molar-refractivity contribution in [2.75, 3.05) is 57.7 Å². The Hall–Kier alpha value is -3.05. The summed E-state index contributed by atoms with van der Waals surface area (Å²) in [5.74, 6) is 2.94. The number of carbonyl (C=O) groups excluding carboxylic acids is 1. The summed E-state index contributed by atoms with van der Waals surface area (Å²) in [4.78, 5) is 24.3. The number of nitrogens with one attached hydrogen (secondary N) is 1. The van der Waals surface area contributed by atoms with E-state index >= 15 is 0 Å². The van der Waals surface area contributed by atoms with Gasteiger partial charge in [0.2, 0.25) is 5.91 Å². The quantitative estimate of drug-likeness (QED) is 0.341. The zero-order chi connectivity index (χ0) is 23.9. The summed E-state index contributed by atoms with van der Waals surface area (Å²) < 4.78 is 17.9. The molecule has 3 heterocycles. The van der Waals surface area contributed by atoms with E-state index in [1.54, 1.807) is 32.0 Å². The van der Waals surface area contributed by atoms with Gasteiger partial charge in [-0.1, -0.05) is 24.8 Å². The number of morpholine rings is 1. The third-order valence-corrected chi connectivity index (χ3v) is 6.23. The van der Waals surface area contributed by atoms with Gasteiger partial charge in [-0.2, -0.15) is 5.10 Å². The number of hydrogen-bond donors (Lipinski definition) is 1. The lowest BCUT2D eigenvalue weighted by atomic mass is 10.1. The maximum absolute atomic E-state index is 12.5. The fourth-order valence-corrected chi connectivity index (χ4v) is 4.39. The summed E-state index contributed by atoms with van der Waals surface area (Å²) >= 11 is 1.61. The second kappa shape index (κ2) is 11.4. The van der Waals surface area contributed by atoms with Crippen molar-refractivity contribution < 1.29 is 19.0 Å². The summed E-state index contributed by atoms with van der Waals surface area (Å²) in [7, 11) is 3.16. The van der Waals surface area contributed by atoms with Crippen molar-refractivity contribution in [1.29, 1.82) is 0 Å². The molecule has 0 saturated carbocycles. The Morgan fingerprint density at radius 3 is 2.71 bits per heavy atom. The van der Waals surface area contributed by atoms with E-state index in [9.17, 15) is 4.79 Å². The number of thioether (sulfide) groups is 1. The second-order valence-electron chi connectivity index (χ2n) is 7.68. The summed E-state index contributed by atoms with van der Waals surface area (Å²) in [6, 6.07) is 5.48. The van der Waals surface area contributed by atoms with Crippen molar-refractivity contribution in [3.8, 4) is 11.5 Å². The van der Waals surface area contributed by atoms with Gasteiger partial charge in [0.15, 0.2) is 22.3 Å². The zero-order valence-electron chi connectivity index (χ0n) is 19.7. The molecular weight excluding hydrogens is 456 g/mol. The van der Waals surface area contributed by atoms with E-state index in [0.29, 0.717) is 37.8 Å². The molecule has 34 heavy (non-hydrogen) atoms. The topological polar surface area (TPSA) is 104 Å². The second-order valence-corrected chi connectivity index (χ2v) is 8.91. The molecule has 0 aliphatic carbocycles. The first kappa shape index (κ1) is 24.1. The molecule has 4 rings (SSSR count). The average molecular weight is 487 g/mol. The predicted octanol–water partition coefficient (Wildman–Crippen LogP) is 2.15. The molecule has 1 N–H and O–H groups in total.